The lowest BCUT2D eigenvalue weighted by Gasteiger charge is -2.28. The van der Waals surface area contributed by atoms with E-state index in [1.165, 1.54) is 4.90 Å². The van der Waals surface area contributed by atoms with Crippen LogP contribution in [0.2, 0.25) is 0 Å². The van der Waals surface area contributed by atoms with Gasteiger partial charge in [-0.25, -0.2) is 0 Å². The van der Waals surface area contributed by atoms with Crippen LogP contribution in [0.3, 0.4) is 0 Å². The van der Waals surface area contributed by atoms with Gasteiger partial charge in [0.25, 0.3) is 5.91 Å². The molecule has 3 aliphatic rings. The molecular formula is C26H24Br2N2O6. The standard InChI is InChI=1S/C26H24Br2N2O6/c27-23-17-12-18(24(23)28)22-21(17)25(33)30(26(22)34)11-10-20(32)35-13-19(31)29-14-6-8-16(9-7-14)36-15-4-2-1-3-5-15/h1-9,17-18,21-24H,10-13H2,(H,29,31)/t17-,18-,21-,22-,23+,24+/m1/s1. The van der Waals surface area contributed by atoms with Crippen molar-refractivity contribution in [3.8, 4) is 11.5 Å². The van der Waals surface area contributed by atoms with E-state index in [1.807, 2.05) is 30.3 Å². The molecule has 0 spiro atoms. The molecule has 3 fully saturated rings. The van der Waals surface area contributed by atoms with E-state index in [4.69, 9.17) is 9.47 Å². The molecule has 10 heteroatoms. The van der Waals surface area contributed by atoms with Gasteiger partial charge in [-0.15, -0.1) is 0 Å². The SMILES string of the molecule is O=C(COC(=O)CCN1C(=O)[C@@H]2[C@H]3C[C@@H]([C@H](Br)[C@H]3Br)[C@H]2C1=O)Nc1ccc(Oc2ccccc2)cc1. The van der Waals surface area contributed by atoms with Crippen molar-refractivity contribution in [3.05, 3.63) is 54.6 Å². The number of halogens is 2. The number of amides is 3. The zero-order valence-electron chi connectivity index (χ0n) is 19.1. The molecule has 0 aromatic heterocycles. The predicted molar refractivity (Wildman–Crippen MR) is 138 cm³/mol. The number of anilines is 1. The number of ether oxygens (including phenoxy) is 2. The third kappa shape index (κ3) is 4.80. The molecule has 1 N–H and O–H groups in total. The smallest absolute Gasteiger partial charge is 0.308 e. The largest absolute Gasteiger partial charge is 0.457 e. The summed E-state index contributed by atoms with van der Waals surface area (Å²) in [5.74, 6) is -0.598. The summed E-state index contributed by atoms with van der Waals surface area (Å²) >= 11 is 7.31. The fraction of sp³-hybridized carbons (Fsp3) is 0.385. The second-order valence-electron chi connectivity index (χ2n) is 9.23. The summed E-state index contributed by atoms with van der Waals surface area (Å²) in [5.41, 5.74) is 0.529. The minimum absolute atomic E-state index is 0.0344. The molecule has 2 bridgehead atoms. The molecule has 3 amide bonds. The number of nitrogens with one attached hydrogen (secondary N) is 1. The summed E-state index contributed by atoms with van der Waals surface area (Å²) < 4.78 is 10.8. The highest BCUT2D eigenvalue weighted by molar-refractivity contribution is 9.12. The van der Waals surface area contributed by atoms with Crippen LogP contribution in [0, 0.1) is 23.7 Å². The number of esters is 1. The van der Waals surface area contributed by atoms with Gasteiger partial charge in [-0.1, -0.05) is 50.1 Å². The average Bonchev–Trinajstić information content (AvgIpc) is 3.48. The number of likely N-dealkylation sites (tertiary alicyclic amines) is 1. The molecule has 188 valence electrons. The Labute approximate surface area is 224 Å². The number of para-hydroxylation sites is 1. The third-order valence-corrected chi connectivity index (χ3v) is 10.3. The van der Waals surface area contributed by atoms with E-state index in [-0.39, 0.29) is 58.1 Å². The topological polar surface area (TPSA) is 102 Å². The number of imide groups is 1. The summed E-state index contributed by atoms with van der Waals surface area (Å²) in [6.07, 6.45) is 0.701. The quantitative estimate of drug-likeness (QED) is 0.271. The molecule has 6 atom stereocenters. The molecule has 1 saturated heterocycles. The van der Waals surface area contributed by atoms with Gasteiger partial charge in [-0.2, -0.15) is 0 Å². The zero-order chi connectivity index (χ0) is 25.4. The van der Waals surface area contributed by atoms with Crippen LogP contribution in [0.15, 0.2) is 54.6 Å². The highest BCUT2D eigenvalue weighted by Crippen LogP contribution is 2.60. The van der Waals surface area contributed by atoms with Crippen LogP contribution in [-0.4, -0.2) is 51.4 Å². The van der Waals surface area contributed by atoms with Gasteiger partial charge in [0.1, 0.15) is 11.5 Å². The van der Waals surface area contributed by atoms with Crippen molar-refractivity contribution >= 4 is 61.2 Å². The maximum absolute atomic E-state index is 12.9. The highest BCUT2D eigenvalue weighted by Gasteiger charge is 2.66. The minimum atomic E-state index is -0.644. The highest BCUT2D eigenvalue weighted by atomic mass is 79.9. The first-order valence-electron chi connectivity index (χ1n) is 11.8. The van der Waals surface area contributed by atoms with Gasteiger partial charge in [0.2, 0.25) is 11.8 Å². The average molecular weight is 620 g/mol. The Morgan fingerprint density at radius 2 is 1.47 bits per heavy atom. The first-order chi connectivity index (χ1) is 17.3. The van der Waals surface area contributed by atoms with Crippen LogP contribution in [-0.2, 0) is 23.9 Å². The first kappa shape index (κ1) is 25.0. The lowest BCUT2D eigenvalue weighted by Crippen LogP contribution is -2.37. The summed E-state index contributed by atoms with van der Waals surface area (Å²) in [4.78, 5) is 51.7. The molecule has 2 aromatic carbocycles. The predicted octanol–water partition coefficient (Wildman–Crippen LogP) is 4.13. The molecule has 0 unspecified atom stereocenters. The van der Waals surface area contributed by atoms with Crippen LogP contribution in [0.25, 0.3) is 0 Å². The summed E-state index contributed by atoms with van der Waals surface area (Å²) in [6, 6.07) is 16.1. The monoisotopic (exact) mass is 618 g/mol. The van der Waals surface area contributed by atoms with Crippen LogP contribution >= 0.6 is 31.9 Å². The molecule has 1 aliphatic heterocycles. The number of rotatable bonds is 8. The second kappa shape index (κ2) is 10.3. The van der Waals surface area contributed by atoms with Crippen LogP contribution in [0.1, 0.15) is 12.8 Å². The number of benzene rings is 2. The molecule has 36 heavy (non-hydrogen) atoms. The molecule has 1 heterocycles. The first-order valence-corrected chi connectivity index (χ1v) is 13.6. The number of carbonyl (C=O) groups excluding carboxylic acids is 4. The Bertz CT molecular complexity index is 1140. The maximum atomic E-state index is 12.9. The normalized spacial score (nSPS) is 28.2. The van der Waals surface area contributed by atoms with E-state index >= 15 is 0 Å². The Hall–Kier alpha value is -2.72. The molecular weight excluding hydrogens is 596 g/mol. The lowest BCUT2D eigenvalue weighted by atomic mass is 9.81. The van der Waals surface area contributed by atoms with Crippen molar-refractivity contribution in [2.24, 2.45) is 23.7 Å². The van der Waals surface area contributed by atoms with E-state index in [9.17, 15) is 19.2 Å². The molecule has 2 aliphatic carbocycles. The van der Waals surface area contributed by atoms with Crippen molar-refractivity contribution in [1.29, 1.82) is 0 Å². The lowest BCUT2D eigenvalue weighted by molar-refractivity contribution is -0.149. The third-order valence-electron chi connectivity index (χ3n) is 7.10. The number of hydrogen-bond acceptors (Lipinski definition) is 6. The number of fused-ring (bicyclic) bond motifs is 5. The van der Waals surface area contributed by atoms with Gasteiger partial charge >= 0.3 is 5.97 Å². The van der Waals surface area contributed by atoms with E-state index in [0.717, 1.165) is 6.42 Å². The van der Waals surface area contributed by atoms with Crippen LogP contribution in [0.4, 0.5) is 5.69 Å². The Balaban J connectivity index is 1.06. The Kier molecular flexibility index (Phi) is 7.16. The molecule has 2 saturated carbocycles. The number of nitrogens with zero attached hydrogens (tertiary/aromatic N) is 1. The van der Waals surface area contributed by atoms with Gasteiger partial charge in [-0.05, 0) is 54.7 Å². The Morgan fingerprint density at radius 3 is 2.08 bits per heavy atom. The molecule has 5 rings (SSSR count). The van der Waals surface area contributed by atoms with Gasteiger partial charge in [0.05, 0.1) is 18.3 Å². The number of carbonyl (C=O) groups is 4. The van der Waals surface area contributed by atoms with Gasteiger partial charge < -0.3 is 14.8 Å². The number of hydrogen-bond donors (Lipinski definition) is 1. The van der Waals surface area contributed by atoms with Crippen molar-refractivity contribution in [1.82, 2.24) is 4.90 Å². The zero-order valence-corrected chi connectivity index (χ0v) is 22.3. The van der Waals surface area contributed by atoms with Crippen molar-refractivity contribution in [3.63, 3.8) is 0 Å². The fourth-order valence-corrected chi connectivity index (χ4v) is 7.35. The van der Waals surface area contributed by atoms with Gasteiger partial charge in [-0.3, -0.25) is 24.1 Å². The summed E-state index contributed by atoms with van der Waals surface area (Å²) in [7, 11) is 0. The summed E-state index contributed by atoms with van der Waals surface area (Å²) in [5, 5.41) is 2.65. The van der Waals surface area contributed by atoms with Crippen molar-refractivity contribution in [2.45, 2.75) is 22.5 Å². The van der Waals surface area contributed by atoms with Crippen LogP contribution < -0.4 is 10.1 Å². The summed E-state index contributed by atoms with van der Waals surface area (Å²) in [6.45, 7) is -0.498. The van der Waals surface area contributed by atoms with E-state index < -0.39 is 18.5 Å². The molecule has 0 radical (unpaired) electrons. The van der Waals surface area contributed by atoms with Gasteiger partial charge in [0, 0.05) is 21.9 Å². The van der Waals surface area contributed by atoms with Crippen LogP contribution in [0.5, 0.6) is 11.5 Å². The van der Waals surface area contributed by atoms with Crippen molar-refractivity contribution < 1.29 is 28.7 Å². The minimum Gasteiger partial charge on any atom is -0.457 e. The number of alkyl halides is 2. The van der Waals surface area contributed by atoms with E-state index in [2.05, 4.69) is 37.2 Å². The Morgan fingerprint density at radius 1 is 0.889 bits per heavy atom. The van der Waals surface area contributed by atoms with Crippen molar-refractivity contribution in [2.75, 3.05) is 18.5 Å². The van der Waals surface area contributed by atoms with E-state index in [0.29, 0.717) is 17.2 Å². The maximum Gasteiger partial charge on any atom is 0.308 e. The molecule has 2 aromatic rings. The molecule has 8 nitrogen and oxygen atoms in total. The second-order valence-corrected chi connectivity index (χ2v) is 11.3. The fourth-order valence-electron chi connectivity index (χ4n) is 5.48. The van der Waals surface area contributed by atoms with E-state index in [1.54, 1.807) is 24.3 Å². The van der Waals surface area contributed by atoms with Gasteiger partial charge in [0.15, 0.2) is 6.61 Å².